The average Bonchev–Trinajstić information content (AvgIpc) is 3.38. The molecule has 0 bridgehead atoms. The zero-order chi connectivity index (χ0) is 26.0. The highest BCUT2D eigenvalue weighted by atomic mass is 32.2. The van der Waals surface area contributed by atoms with Gasteiger partial charge in [0.2, 0.25) is 5.91 Å². The predicted molar refractivity (Wildman–Crippen MR) is 148 cm³/mol. The summed E-state index contributed by atoms with van der Waals surface area (Å²) in [5, 5.41) is 16.4. The summed E-state index contributed by atoms with van der Waals surface area (Å²) in [4.78, 5) is 40.5. The molecule has 1 N–H and O–H groups in total. The highest BCUT2D eigenvalue weighted by Crippen LogP contribution is 2.25. The second-order valence-corrected chi connectivity index (χ2v) is 10.5. The van der Waals surface area contributed by atoms with Crippen LogP contribution in [-0.4, -0.2) is 26.9 Å². The number of nitrogens with one attached hydrogen (secondary N) is 1. The van der Waals surface area contributed by atoms with Crippen LogP contribution in [0.5, 0.6) is 0 Å². The lowest BCUT2D eigenvalue weighted by Gasteiger charge is -2.12. The van der Waals surface area contributed by atoms with Crippen LogP contribution in [0.1, 0.15) is 36.8 Å². The van der Waals surface area contributed by atoms with E-state index in [4.69, 9.17) is 4.98 Å². The van der Waals surface area contributed by atoms with Crippen LogP contribution >= 0.6 is 23.1 Å². The van der Waals surface area contributed by atoms with Crippen molar-refractivity contribution in [2.24, 2.45) is 0 Å². The molecule has 10 heteroatoms. The Morgan fingerprint density at radius 1 is 1.03 bits per heavy atom. The van der Waals surface area contributed by atoms with E-state index in [2.05, 4.69) is 17.4 Å². The number of unbranched alkanes of at least 4 members (excludes halogenated alkanes) is 2. The number of thioether (sulfide) groups is 1. The van der Waals surface area contributed by atoms with Gasteiger partial charge in [-0.25, -0.2) is 4.98 Å². The first-order valence-corrected chi connectivity index (χ1v) is 14.0. The molecule has 2 aromatic heterocycles. The Morgan fingerprint density at radius 3 is 2.57 bits per heavy atom. The quantitative estimate of drug-likeness (QED) is 0.0786. The number of benzene rings is 2. The molecule has 0 unspecified atom stereocenters. The van der Waals surface area contributed by atoms with Crippen LogP contribution in [0.2, 0.25) is 0 Å². The monoisotopic (exact) mass is 536 g/mol. The number of non-ortho nitro benzene ring substituents is 1. The second kappa shape index (κ2) is 13.2. The van der Waals surface area contributed by atoms with Crippen LogP contribution in [0.3, 0.4) is 0 Å². The smallest absolute Gasteiger partial charge is 0.272 e. The fourth-order valence-electron chi connectivity index (χ4n) is 3.90. The number of fused-ring (bicyclic) bond motifs is 1. The molecule has 0 radical (unpaired) electrons. The standard InChI is InChI=1S/C27H28N4O4S2/c32-24(28-16-14-20-7-3-1-4-8-20)9-5-2-6-17-30-26(33)25-23(15-18-36-25)29-27(30)37-19-21-10-12-22(13-11-21)31(34)35/h1,3-4,7-8,10-13,15,18H,2,5-6,9,14,16-17,19H2,(H,28,32). The van der Waals surface area contributed by atoms with Crippen molar-refractivity contribution in [2.45, 2.75) is 49.6 Å². The summed E-state index contributed by atoms with van der Waals surface area (Å²) in [6.45, 7) is 1.15. The number of hydrogen-bond donors (Lipinski definition) is 1. The zero-order valence-corrected chi connectivity index (χ0v) is 21.9. The topological polar surface area (TPSA) is 107 Å². The van der Waals surface area contributed by atoms with Crippen LogP contribution in [0, 0.1) is 10.1 Å². The number of nitro benzene ring substituents is 1. The third-order valence-electron chi connectivity index (χ3n) is 5.91. The number of amides is 1. The lowest BCUT2D eigenvalue weighted by Crippen LogP contribution is -2.25. The molecule has 37 heavy (non-hydrogen) atoms. The number of nitrogens with zero attached hydrogens (tertiary/aromatic N) is 3. The number of hydrogen-bond acceptors (Lipinski definition) is 7. The van der Waals surface area contributed by atoms with Crippen molar-refractivity contribution in [3.63, 3.8) is 0 Å². The molecule has 0 saturated carbocycles. The highest BCUT2D eigenvalue weighted by molar-refractivity contribution is 7.98. The van der Waals surface area contributed by atoms with E-state index in [9.17, 15) is 19.7 Å². The van der Waals surface area contributed by atoms with Gasteiger partial charge in [-0.05, 0) is 41.8 Å². The molecule has 0 aliphatic carbocycles. The summed E-state index contributed by atoms with van der Waals surface area (Å²) in [5.41, 5.74) is 2.80. The Kier molecular flexibility index (Phi) is 9.45. The molecule has 0 saturated heterocycles. The molecule has 0 atom stereocenters. The predicted octanol–water partition coefficient (Wildman–Crippen LogP) is 5.58. The first kappa shape index (κ1) is 26.6. The minimum atomic E-state index is -0.422. The van der Waals surface area contributed by atoms with Crippen molar-refractivity contribution in [1.29, 1.82) is 0 Å². The largest absolute Gasteiger partial charge is 0.356 e. The van der Waals surface area contributed by atoms with E-state index in [0.29, 0.717) is 40.6 Å². The first-order valence-electron chi connectivity index (χ1n) is 12.2. The number of aromatic nitrogens is 2. The van der Waals surface area contributed by atoms with Crippen LogP contribution < -0.4 is 10.9 Å². The number of thiophene rings is 1. The van der Waals surface area contributed by atoms with Crippen LogP contribution in [0.4, 0.5) is 5.69 Å². The van der Waals surface area contributed by atoms with Crippen molar-refractivity contribution in [3.05, 3.63) is 97.6 Å². The molecule has 2 heterocycles. The fourth-order valence-corrected chi connectivity index (χ4v) is 5.66. The molecule has 4 aromatic rings. The maximum atomic E-state index is 13.1. The van der Waals surface area contributed by atoms with Gasteiger partial charge >= 0.3 is 0 Å². The van der Waals surface area contributed by atoms with Gasteiger partial charge in [-0.15, -0.1) is 11.3 Å². The third-order valence-corrected chi connectivity index (χ3v) is 7.85. The number of rotatable bonds is 13. The van der Waals surface area contributed by atoms with Gasteiger partial charge in [0.25, 0.3) is 11.2 Å². The zero-order valence-electron chi connectivity index (χ0n) is 20.3. The van der Waals surface area contributed by atoms with Crippen LogP contribution in [-0.2, 0) is 23.5 Å². The molecule has 1 amide bonds. The molecule has 0 aliphatic rings. The van der Waals surface area contributed by atoms with E-state index in [-0.39, 0.29) is 17.2 Å². The molecule has 4 rings (SSSR count). The van der Waals surface area contributed by atoms with E-state index < -0.39 is 4.92 Å². The van der Waals surface area contributed by atoms with Gasteiger partial charge < -0.3 is 5.32 Å². The van der Waals surface area contributed by atoms with Gasteiger partial charge in [0.1, 0.15) is 4.70 Å². The van der Waals surface area contributed by atoms with E-state index in [1.807, 2.05) is 29.6 Å². The molecular weight excluding hydrogens is 508 g/mol. The van der Waals surface area contributed by atoms with Gasteiger partial charge in [-0.1, -0.05) is 60.6 Å². The minimum absolute atomic E-state index is 0.0494. The Hall–Kier alpha value is -3.50. The van der Waals surface area contributed by atoms with E-state index in [0.717, 1.165) is 31.2 Å². The first-order chi connectivity index (χ1) is 18.0. The highest BCUT2D eigenvalue weighted by Gasteiger charge is 2.13. The Morgan fingerprint density at radius 2 is 1.81 bits per heavy atom. The van der Waals surface area contributed by atoms with Crippen LogP contribution in [0.25, 0.3) is 10.2 Å². The second-order valence-electron chi connectivity index (χ2n) is 8.59. The van der Waals surface area contributed by atoms with Crippen molar-refractivity contribution in [3.8, 4) is 0 Å². The van der Waals surface area contributed by atoms with Crippen molar-refractivity contribution >= 4 is 44.9 Å². The van der Waals surface area contributed by atoms with E-state index in [1.165, 1.54) is 40.8 Å². The summed E-state index contributed by atoms with van der Waals surface area (Å²) < 4.78 is 2.35. The van der Waals surface area contributed by atoms with Crippen molar-refractivity contribution in [2.75, 3.05) is 6.54 Å². The lowest BCUT2D eigenvalue weighted by atomic mass is 10.1. The fraction of sp³-hybridized carbons (Fsp3) is 0.296. The molecule has 192 valence electrons. The number of nitro groups is 1. The van der Waals surface area contributed by atoms with Gasteiger partial charge in [0.15, 0.2) is 5.16 Å². The molecular formula is C27H28N4O4S2. The van der Waals surface area contributed by atoms with Crippen molar-refractivity contribution in [1.82, 2.24) is 14.9 Å². The summed E-state index contributed by atoms with van der Waals surface area (Å²) >= 11 is 2.83. The third kappa shape index (κ3) is 7.50. The average molecular weight is 537 g/mol. The van der Waals surface area contributed by atoms with Gasteiger partial charge in [0.05, 0.1) is 10.4 Å². The number of carbonyl (C=O) groups is 1. The lowest BCUT2D eigenvalue weighted by molar-refractivity contribution is -0.384. The molecule has 2 aromatic carbocycles. The summed E-state index contributed by atoms with van der Waals surface area (Å²) in [6, 6.07) is 18.3. The number of carbonyl (C=O) groups excluding carboxylic acids is 1. The van der Waals surface area contributed by atoms with Gasteiger partial charge in [-0.2, -0.15) is 0 Å². The molecule has 8 nitrogen and oxygen atoms in total. The van der Waals surface area contributed by atoms with Crippen molar-refractivity contribution < 1.29 is 9.72 Å². The summed E-state index contributed by atoms with van der Waals surface area (Å²) in [6.07, 6.45) is 3.63. The Bertz CT molecular complexity index is 1400. The summed E-state index contributed by atoms with van der Waals surface area (Å²) in [7, 11) is 0. The SMILES string of the molecule is O=C(CCCCCn1c(SCc2ccc([N+](=O)[O-])cc2)nc2ccsc2c1=O)NCCc1ccccc1. The van der Waals surface area contributed by atoms with E-state index in [1.54, 1.807) is 16.7 Å². The Balaban J connectivity index is 1.28. The van der Waals surface area contributed by atoms with Crippen LogP contribution in [0.15, 0.2) is 76.0 Å². The molecule has 0 fully saturated rings. The molecule has 0 spiro atoms. The van der Waals surface area contributed by atoms with Gasteiger partial charge in [-0.3, -0.25) is 24.3 Å². The summed E-state index contributed by atoms with van der Waals surface area (Å²) in [5.74, 6) is 0.595. The Labute approximate surface area is 222 Å². The van der Waals surface area contributed by atoms with E-state index >= 15 is 0 Å². The van der Waals surface area contributed by atoms with Gasteiger partial charge in [0, 0.05) is 37.4 Å². The maximum Gasteiger partial charge on any atom is 0.272 e. The normalized spacial score (nSPS) is 11.0. The minimum Gasteiger partial charge on any atom is -0.356 e. The maximum absolute atomic E-state index is 13.1. The molecule has 0 aliphatic heterocycles.